The molecule has 1 fully saturated rings. The lowest BCUT2D eigenvalue weighted by atomic mass is 9.90. The van der Waals surface area contributed by atoms with Crippen LogP contribution in [0.1, 0.15) is 9.67 Å². The molecule has 0 aliphatic carbocycles. The quantitative estimate of drug-likeness (QED) is 0.291. The van der Waals surface area contributed by atoms with Crippen molar-refractivity contribution in [2.75, 3.05) is 29.7 Å². The van der Waals surface area contributed by atoms with E-state index in [1.165, 1.54) is 18.1 Å². The average Bonchev–Trinajstić information content (AvgIpc) is 3.50. The van der Waals surface area contributed by atoms with E-state index in [1.807, 2.05) is 6.08 Å². The maximum Gasteiger partial charge on any atom is 0.408 e. The fourth-order valence-corrected chi connectivity index (χ4v) is 4.30. The minimum atomic E-state index is -0.827. The minimum absolute atomic E-state index is 0.218. The summed E-state index contributed by atoms with van der Waals surface area (Å²) >= 11 is 1.04. The van der Waals surface area contributed by atoms with Crippen molar-refractivity contribution < 1.29 is 24.2 Å². The fraction of sp³-hybridized carbons (Fsp3) is 0.278. The number of aromatic nitrogens is 3. The highest BCUT2D eigenvalue weighted by atomic mass is 32.1. The second-order valence-corrected chi connectivity index (χ2v) is 8.26. The van der Waals surface area contributed by atoms with Crippen LogP contribution in [0.25, 0.3) is 5.70 Å². The largest absolute Gasteiger partial charge is 0.433 e. The van der Waals surface area contributed by atoms with E-state index in [-0.39, 0.29) is 29.4 Å². The monoisotopic (exact) mass is 468 g/mol. The van der Waals surface area contributed by atoms with Crippen molar-refractivity contribution in [1.82, 2.24) is 24.7 Å². The summed E-state index contributed by atoms with van der Waals surface area (Å²) in [5, 5.41) is 18.3. The molecule has 1 saturated heterocycles. The summed E-state index contributed by atoms with van der Waals surface area (Å²) < 4.78 is 1.56. The molecule has 4 rings (SSSR count). The maximum atomic E-state index is 13.0. The molecule has 2 bridgehead atoms. The molecular formula is C18H20B2N7O5S. The maximum absolute atomic E-state index is 13.0. The van der Waals surface area contributed by atoms with Crippen molar-refractivity contribution >= 4 is 60.6 Å². The van der Waals surface area contributed by atoms with E-state index in [2.05, 4.69) is 21.9 Å². The number of fused-ring (bicyclic) bond motifs is 2. The third kappa shape index (κ3) is 4.69. The molecule has 0 spiro atoms. The van der Waals surface area contributed by atoms with Gasteiger partial charge < -0.3 is 24.8 Å². The lowest BCUT2D eigenvalue weighted by Gasteiger charge is -2.21. The van der Waals surface area contributed by atoms with Gasteiger partial charge >= 0.3 is 20.5 Å². The summed E-state index contributed by atoms with van der Waals surface area (Å²) in [6.07, 6.45) is 6.95. The van der Waals surface area contributed by atoms with Crippen molar-refractivity contribution in [3.8, 4) is 0 Å². The number of thiazole rings is 1. The Bertz CT molecular complexity index is 1100. The van der Waals surface area contributed by atoms with Gasteiger partial charge in [-0.05, 0) is 12.9 Å². The van der Waals surface area contributed by atoms with E-state index < -0.39 is 13.0 Å². The molecule has 169 valence electrons. The van der Waals surface area contributed by atoms with Gasteiger partial charge in [0.05, 0.1) is 31.1 Å². The molecule has 2 aliphatic rings. The first kappa shape index (κ1) is 22.8. The smallest absolute Gasteiger partial charge is 0.408 e. The Hall–Kier alpha value is -3.42. The normalized spacial score (nSPS) is 17.0. The van der Waals surface area contributed by atoms with Gasteiger partial charge in [-0.2, -0.15) is 10.2 Å². The summed E-state index contributed by atoms with van der Waals surface area (Å²) in [4.78, 5) is 49.2. The van der Waals surface area contributed by atoms with Crippen LogP contribution >= 0.6 is 11.3 Å². The van der Waals surface area contributed by atoms with E-state index in [4.69, 9.17) is 4.84 Å². The number of anilines is 2. The molecule has 33 heavy (non-hydrogen) atoms. The molecule has 0 aromatic carbocycles. The second kappa shape index (κ2) is 9.60. The Morgan fingerprint density at radius 3 is 3.12 bits per heavy atom. The molecule has 2 aromatic rings. The SMILES string of the molecule is C=CCON1C(=O)N2CC(n3ccc(N([B]C=O)C(=O)c4cnc(NB(C)O)s4)n3)=CC1C2. The molecular weight excluding hydrogens is 448 g/mol. The standard InChI is InChI=1S/C18H20B2N7O5S/c1-3-6-32-27-13-7-12(9-24(10-13)18(27)30)25-5-4-15(23-25)26(19-11-28)16(29)14-8-21-17(33-14)22-20(2)31/h3-5,7-8,11,13,31H,1,6,9-10H2,2H3,(H,21,22). The molecule has 15 heteroatoms. The number of carbonyl (C=O) groups is 3. The summed E-state index contributed by atoms with van der Waals surface area (Å²) in [5.41, 5.74) is 0.732. The third-order valence-electron chi connectivity index (χ3n) is 4.83. The van der Waals surface area contributed by atoms with Crippen molar-refractivity contribution in [1.29, 1.82) is 0 Å². The van der Waals surface area contributed by atoms with Crippen LogP contribution in [-0.2, 0) is 9.63 Å². The number of hydrogen-bond acceptors (Lipinski definition) is 9. The summed E-state index contributed by atoms with van der Waals surface area (Å²) in [5.74, 6) is -0.269. The van der Waals surface area contributed by atoms with Gasteiger partial charge in [-0.25, -0.2) is 14.5 Å². The highest BCUT2D eigenvalue weighted by Crippen LogP contribution is 2.28. The highest BCUT2D eigenvalue weighted by Gasteiger charge is 2.41. The zero-order valence-corrected chi connectivity index (χ0v) is 18.5. The van der Waals surface area contributed by atoms with E-state index in [0.29, 0.717) is 24.4 Å². The van der Waals surface area contributed by atoms with Gasteiger partial charge in [-0.15, -0.1) is 6.58 Å². The zero-order chi connectivity index (χ0) is 23.5. The van der Waals surface area contributed by atoms with Crippen LogP contribution in [0.5, 0.6) is 0 Å². The zero-order valence-electron chi connectivity index (χ0n) is 17.7. The van der Waals surface area contributed by atoms with Crippen LogP contribution in [0, 0.1) is 0 Å². The Morgan fingerprint density at radius 2 is 2.39 bits per heavy atom. The number of hydrogen-bond donors (Lipinski definition) is 2. The van der Waals surface area contributed by atoms with E-state index >= 15 is 0 Å². The second-order valence-electron chi connectivity index (χ2n) is 7.23. The Morgan fingerprint density at radius 1 is 1.58 bits per heavy atom. The molecule has 4 heterocycles. The summed E-state index contributed by atoms with van der Waals surface area (Å²) in [6.45, 7) is 6.17. The number of carbonyl (C=O) groups excluding carboxylic acids is 3. The first-order valence-corrected chi connectivity index (χ1v) is 10.8. The number of nitrogens with zero attached hydrogens (tertiary/aromatic N) is 6. The van der Waals surface area contributed by atoms with E-state index in [0.717, 1.165) is 29.3 Å². The molecule has 2 aliphatic heterocycles. The fourth-order valence-electron chi connectivity index (χ4n) is 3.46. The lowest BCUT2D eigenvalue weighted by Crippen LogP contribution is -2.35. The minimum Gasteiger partial charge on any atom is -0.433 e. The Labute approximate surface area is 194 Å². The molecule has 0 saturated carbocycles. The topological polar surface area (TPSA) is 133 Å². The molecule has 1 atom stereocenters. The van der Waals surface area contributed by atoms with Gasteiger partial charge in [-0.3, -0.25) is 9.63 Å². The molecule has 3 amide bonds. The third-order valence-corrected chi connectivity index (χ3v) is 5.75. The van der Waals surface area contributed by atoms with Gasteiger partial charge in [0.15, 0.2) is 5.13 Å². The van der Waals surface area contributed by atoms with Gasteiger partial charge in [0.25, 0.3) is 5.91 Å². The summed E-state index contributed by atoms with van der Waals surface area (Å²) in [7, 11) is 0.250. The van der Waals surface area contributed by atoms with Crippen molar-refractivity contribution in [3.05, 3.63) is 42.1 Å². The van der Waals surface area contributed by atoms with Crippen LogP contribution in [0.4, 0.5) is 15.7 Å². The molecule has 12 nitrogen and oxygen atoms in total. The number of amides is 3. The highest BCUT2D eigenvalue weighted by molar-refractivity contribution is 7.18. The number of nitrogens with one attached hydrogen (secondary N) is 1. The predicted octanol–water partition coefficient (Wildman–Crippen LogP) is 0.396. The summed E-state index contributed by atoms with van der Waals surface area (Å²) in [6, 6.07) is 1.08. The molecule has 1 radical (unpaired) electrons. The molecule has 2 N–H and O–H groups in total. The molecule has 2 aromatic heterocycles. The van der Waals surface area contributed by atoms with Crippen LogP contribution in [0.2, 0.25) is 6.82 Å². The first-order valence-electron chi connectivity index (χ1n) is 10.0. The van der Waals surface area contributed by atoms with Crippen LogP contribution in [0.15, 0.2) is 37.2 Å². The number of hydroxylamine groups is 2. The van der Waals surface area contributed by atoms with Crippen molar-refractivity contribution in [3.63, 3.8) is 0 Å². The number of urea groups is 1. The van der Waals surface area contributed by atoms with Gasteiger partial charge in [0, 0.05) is 18.8 Å². The Kier molecular flexibility index (Phi) is 6.62. The van der Waals surface area contributed by atoms with Crippen LogP contribution < -0.4 is 10.0 Å². The van der Waals surface area contributed by atoms with Crippen molar-refractivity contribution in [2.24, 2.45) is 0 Å². The first-order chi connectivity index (χ1) is 15.9. The van der Waals surface area contributed by atoms with Crippen LogP contribution in [0.3, 0.4) is 0 Å². The number of rotatable bonds is 10. The van der Waals surface area contributed by atoms with Crippen LogP contribution in [-0.4, -0.2) is 88.1 Å². The van der Waals surface area contributed by atoms with Gasteiger partial charge in [0.1, 0.15) is 16.9 Å². The average molecular weight is 468 g/mol. The van der Waals surface area contributed by atoms with Crippen molar-refractivity contribution in [2.45, 2.75) is 12.9 Å². The van der Waals surface area contributed by atoms with Gasteiger partial charge in [-0.1, -0.05) is 17.4 Å². The predicted molar refractivity (Wildman–Crippen MR) is 124 cm³/mol. The Balaban J connectivity index is 1.54. The van der Waals surface area contributed by atoms with E-state index in [9.17, 15) is 19.4 Å². The van der Waals surface area contributed by atoms with Gasteiger partial charge in [0.2, 0.25) is 0 Å². The van der Waals surface area contributed by atoms with E-state index in [1.54, 1.807) is 27.9 Å². The lowest BCUT2D eigenvalue weighted by molar-refractivity contribution is -0.107. The molecule has 1 unspecified atom stereocenters.